The highest BCUT2D eigenvalue weighted by molar-refractivity contribution is 5.93. The predicted molar refractivity (Wildman–Crippen MR) is 75.1 cm³/mol. The van der Waals surface area contributed by atoms with E-state index in [0.717, 1.165) is 37.9 Å². The number of nitrogens with zero attached hydrogens (tertiary/aromatic N) is 4. The molecule has 1 aromatic carbocycles. The monoisotopic (exact) mass is 292 g/mol. The van der Waals surface area contributed by atoms with Gasteiger partial charge in [0.15, 0.2) is 5.52 Å². The van der Waals surface area contributed by atoms with Crippen LogP contribution < -0.4 is 4.90 Å². The molecule has 112 valence electrons. The molecule has 2 heterocycles. The summed E-state index contributed by atoms with van der Waals surface area (Å²) in [5, 5.41) is 28.1. The summed E-state index contributed by atoms with van der Waals surface area (Å²) in [7, 11) is 0. The van der Waals surface area contributed by atoms with Crippen LogP contribution in [0.25, 0.3) is 11.0 Å². The highest BCUT2D eigenvalue weighted by Gasteiger charge is 2.27. The number of nitro groups is 1. The second-order valence-corrected chi connectivity index (χ2v) is 5.20. The first-order chi connectivity index (χ1) is 10.2. The van der Waals surface area contributed by atoms with E-state index < -0.39 is 4.92 Å². The number of nitro benzene ring substituents is 1. The maximum absolute atomic E-state index is 11.0. The zero-order valence-electron chi connectivity index (χ0n) is 11.4. The minimum Gasteiger partial charge on any atom is -0.394 e. The van der Waals surface area contributed by atoms with Crippen LogP contribution in [-0.2, 0) is 0 Å². The highest BCUT2D eigenvalue weighted by Crippen LogP contribution is 2.33. The normalized spacial score (nSPS) is 19.7. The molecule has 0 radical (unpaired) electrons. The van der Waals surface area contributed by atoms with Crippen molar-refractivity contribution in [2.75, 3.05) is 18.1 Å². The van der Waals surface area contributed by atoms with Crippen molar-refractivity contribution in [2.24, 2.45) is 0 Å². The van der Waals surface area contributed by atoms with E-state index in [0.29, 0.717) is 5.52 Å². The number of aliphatic hydroxyl groups is 1. The van der Waals surface area contributed by atoms with Crippen LogP contribution in [0.15, 0.2) is 16.8 Å². The first kappa shape index (κ1) is 13.7. The topological polar surface area (TPSA) is 106 Å². The molecule has 1 unspecified atom stereocenters. The quantitative estimate of drug-likeness (QED) is 0.680. The van der Waals surface area contributed by atoms with Gasteiger partial charge in [-0.1, -0.05) is 12.8 Å². The van der Waals surface area contributed by atoms with E-state index in [2.05, 4.69) is 15.2 Å². The molecule has 1 aromatic heterocycles. The number of fused-ring (bicyclic) bond motifs is 1. The number of hydrogen-bond donors (Lipinski definition) is 1. The average molecular weight is 292 g/mol. The van der Waals surface area contributed by atoms with Crippen molar-refractivity contribution >= 4 is 22.4 Å². The summed E-state index contributed by atoms with van der Waals surface area (Å²) in [6, 6.07) is 3.08. The first-order valence-corrected chi connectivity index (χ1v) is 6.99. The fraction of sp³-hybridized carbons (Fsp3) is 0.538. The van der Waals surface area contributed by atoms with Crippen molar-refractivity contribution in [3.63, 3.8) is 0 Å². The van der Waals surface area contributed by atoms with Gasteiger partial charge >= 0.3 is 5.69 Å². The largest absolute Gasteiger partial charge is 0.394 e. The molecule has 1 aliphatic rings. The summed E-state index contributed by atoms with van der Waals surface area (Å²) in [4.78, 5) is 12.6. The van der Waals surface area contributed by atoms with Crippen LogP contribution in [0, 0.1) is 10.1 Å². The Morgan fingerprint density at radius 1 is 1.33 bits per heavy atom. The molecule has 21 heavy (non-hydrogen) atoms. The lowest BCUT2D eigenvalue weighted by atomic mass is 10.1. The van der Waals surface area contributed by atoms with Gasteiger partial charge in [0.2, 0.25) is 5.52 Å². The molecular weight excluding hydrogens is 276 g/mol. The smallest absolute Gasteiger partial charge is 0.300 e. The summed E-state index contributed by atoms with van der Waals surface area (Å²) >= 11 is 0. The zero-order valence-corrected chi connectivity index (χ0v) is 11.4. The highest BCUT2D eigenvalue weighted by atomic mass is 16.6. The Morgan fingerprint density at radius 2 is 2.14 bits per heavy atom. The Hall–Kier alpha value is -2.22. The molecule has 8 heteroatoms. The van der Waals surface area contributed by atoms with Gasteiger partial charge in [0.05, 0.1) is 23.3 Å². The lowest BCUT2D eigenvalue weighted by Crippen LogP contribution is -2.37. The molecule has 8 nitrogen and oxygen atoms in total. The Morgan fingerprint density at radius 3 is 2.90 bits per heavy atom. The predicted octanol–water partition coefficient (Wildman–Crippen LogP) is 1.87. The van der Waals surface area contributed by atoms with Gasteiger partial charge in [-0.3, -0.25) is 10.1 Å². The van der Waals surface area contributed by atoms with Crippen LogP contribution in [0.3, 0.4) is 0 Å². The second-order valence-electron chi connectivity index (χ2n) is 5.20. The number of hydrogen-bond acceptors (Lipinski definition) is 7. The van der Waals surface area contributed by atoms with E-state index in [4.69, 9.17) is 4.63 Å². The van der Waals surface area contributed by atoms with Gasteiger partial charge in [-0.15, -0.1) is 0 Å². The van der Waals surface area contributed by atoms with Gasteiger partial charge in [-0.05, 0) is 29.2 Å². The minimum atomic E-state index is -0.498. The third kappa shape index (κ3) is 2.42. The van der Waals surface area contributed by atoms with Crippen molar-refractivity contribution < 1.29 is 14.7 Å². The second kappa shape index (κ2) is 5.65. The fourth-order valence-electron chi connectivity index (χ4n) is 2.90. The molecule has 0 spiro atoms. The first-order valence-electron chi connectivity index (χ1n) is 6.99. The Balaban J connectivity index is 2.09. The SMILES string of the molecule is O=[N+]([O-])c1ccc(N2CCCCCC2CO)c2nonc12. The molecule has 1 atom stereocenters. The summed E-state index contributed by atoms with van der Waals surface area (Å²) in [6.45, 7) is 0.828. The van der Waals surface area contributed by atoms with Crippen LogP contribution in [0.5, 0.6) is 0 Å². The standard InChI is InChI=1S/C13H16N4O4/c18-8-9-4-2-1-3-7-16(9)10-5-6-11(17(19)20)13-12(10)14-21-15-13/h5-6,9,18H,1-4,7-8H2. The van der Waals surface area contributed by atoms with E-state index in [1.54, 1.807) is 6.07 Å². The summed E-state index contributed by atoms with van der Waals surface area (Å²) in [6.07, 6.45) is 4.08. The van der Waals surface area contributed by atoms with Crippen molar-refractivity contribution in [3.05, 3.63) is 22.2 Å². The van der Waals surface area contributed by atoms with Gasteiger partial charge in [0, 0.05) is 12.6 Å². The molecular formula is C13H16N4O4. The molecule has 3 rings (SSSR count). The lowest BCUT2D eigenvalue weighted by molar-refractivity contribution is -0.383. The van der Waals surface area contributed by atoms with Gasteiger partial charge in [-0.2, -0.15) is 0 Å². The Labute approximate surface area is 120 Å². The molecule has 0 aliphatic carbocycles. The van der Waals surface area contributed by atoms with Gasteiger partial charge in [-0.25, -0.2) is 4.63 Å². The maximum Gasteiger partial charge on any atom is 0.300 e. The average Bonchev–Trinajstić information content (AvgIpc) is 2.84. The van der Waals surface area contributed by atoms with Crippen LogP contribution in [0.1, 0.15) is 25.7 Å². The third-order valence-electron chi connectivity index (χ3n) is 3.97. The van der Waals surface area contributed by atoms with E-state index in [9.17, 15) is 15.2 Å². The molecule has 0 saturated carbocycles. The molecule has 2 aromatic rings. The number of benzene rings is 1. The summed E-state index contributed by atoms with van der Waals surface area (Å²) in [5.74, 6) is 0. The van der Waals surface area contributed by atoms with Crippen molar-refractivity contribution in [1.82, 2.24) is 10.3 Å². The molecule has 0 bridgehead atoms. The minimum absolute atomic E-state index is 0.00569. The lowest BCUT2D eigenvalue weighted by Gasteiger charge is -2.30. The molecule has 1 fully saturated rings. The Kier molecular flexibility index (Phi) is 3.70. The number of aliphatic hydroxyl groups excluding tert-OH is 1. The van der Waals surface area contributed by atoms with Crippen LogP contribution in [-0.4, -0.2) is 39.5 Å². The zero-order chi connectivity index (χ0) is 14.8. The Bertz CT molecular complexity index is 657. The summed E-state index contributed by atoms with van der Waals surface area (Å²) < 4.78 is 4.69. The van der Waals surface area contributed by atoms with E-state index in [1.807, 2.05) is 0 Å². The number of non-ortho nitro benzene ring substituents is 1. The number of rotatable bonds is 3. The third-order valence-corrected chi connectivity index (χ3v) is 3.97. The van der Waals surface area contributed by atoms with Crippen LogP contribution in [0.4, 0.5) is 11.4 Å². The molecule has 0 amide bonds. The fourth-order valence-corrected chi connectivity index (χ4v) is 2.90. The van der Waals surface area contributed by atoms with Crippen molar-refractivity contribution in [1.29, 1.82) is 0 Å². The van der Waals surface area contributed by atoms with Gasteiger partial charge < -0.3 is 10.0 Å². The van der Waals surface area contributed by atoms with Crippen molar-refractivity contribution in [3.8, 4) is 0 Å². The molecule has 1 aliphatic heterocycles. The molecule has 1 saturated heterocycles. The maximum atomic E-state index is 11.0. The van der Waals surface area contributed by atoms with Gasteiger partial charge in [0.1, 0.15) is 0 Å². The number of aromatic nitrogens is 2. The van der Waals surface area contributed by atoms with E-state index in [-0.39, 0.29) is 23.9 Å². The van der Waals surface area contributed by atoms with Crippen molar-refractivity contribution in [2.45, 2.75) is 31.7 Å². The number of anilines is 1. The van der Waals surface area contributed by atoms with E-state index in [1.165, 1.54) is 6.07 Å². The molecule has 1 N–H and O–H groups in total. The summed E-state index contributed by atoms with van der Waals surface area (Å²) in [5.41, 5.74) is 1.14. The van der Waals surface area contributed by atoms with Crippen LogP contribution in [0.2, 0.25) is 0 Å². The van der Waals surface area contributed by atoms with E-state index >= 15 is 0 Å². The van der Waals surface area contributed by atoms with Crippen LogP contribution >= 0.6 is 0 Å². The van der Waals surface area contributed by atoms with Gasteiger partial charge in [0.25, 0.3) is 0 Å².